The first-order valence-corrected chi connectivity index (χ1v) is 4.66. The van der Waals surface area contributed by atoms with Crippen molar-refractivity contribution < 1.29 is 4.92 Å². The van der Waals surface area contributed by atoms with Crippen molar-refractivity contribution in [1.82, 2.24) is 0 Å². The fraction of sp³-hybridized carbons (Fsp3) is 0.143. The first kappa shape index (κ1) is 8.15. The Morgan fingerprint density at radius 2 is 1.91 bits per heavy atom. The molecule has 1 atom stereocenters. The summed E-state index contributed by atoms with van der Waals surface area (Å²) in [6.07, 6.45) is 0. The molecular formula is C7H8NO2P. The van der Waals surface area contributed by atoms with Crippen molar-refractivity contribution in [3.8, 4) is 0 Å². The molecule has 0 fully saturated rings. The molecule has 0 aliphatic heterocycles. The number of benzene rings is 1. The Hall–Kier alpha value is -0.950. The van der Waals surface area contributed by atoms with Crippen LogP contribution in [0.25, 0.3) is 0 Å². The predicted octanol–water partition coefficient (Wildman–Crippen LogP) is 1.53. The largest absolute Gasteiger partial charge is 0.269 e. The van der Waals surface area contributed by atoms with E-state index in [4.69, 9.17) is 0 Å². The van der Waals surface area contributed by atoms with Gasteiger partial charge in [0.05, 0.1) is 4.92 Å². The zero-order valence-corrected chi connectivity index (χ0v) is 7.07. The lowest BCUT2D eigenvalue weighted by molar-refractivity contribution is -0.384. The van der Waals surface area contributed by atoms with Crippen LogP contribution in [0.2, 0.25) is 0 Å². The van der Waals surface area contributed by atoms with Gasteiger partial charge in [-0.3, -0.25) is 10.1 Å². The normalized spacial score (nSPS) is 10.6. The Morgan fingerprint density at radius 3 is 2.27 bits per heavy atom. The molecule has 0 aliphatic carbocycles. The maximum absolute atomic E-state index is 10.2. The predicted molar refractivity (Wildman–Crippen MR) is 47.0 cm³/mol. The van der Waals surface area contributed by atoms with E-state index in [1.54, 1.807) is 12.1 Å². The summed E-state index contributed by atoms with van der Waals surface area (Å²) in [5.74, 6) is 0. The van der Waals surface area contributed by atoms with E-state index in [1.807, 2.05) is 6.66 Å². The SMILES string of the molecule is CPc1ccc([N+](=O)[O-])cc1. The molecule has 58 valence electrons. The molecule has 0 heterocycles. The lowest BCUT2D eigenvalue weighted by atomic mass is 10.3. The summed E-state index contributed by atoms with van der Waals surface area (Å²) in [6, 6.07) is 6.64. The van der Waals surface area contributed by atoms with E-state index in [1.165, 1.54) is 12.1 Å². The second-order valence-electron chi connectivity index (χ2n) is 2.05. The number of rotatable bonds is 2. The van der Waals surface area contributed by atoms with Gasteiger partial charge in [-0.25, -0.2) is 0 Å². The van der Waals surface area contributed by atoms with Gasteiger partial charge in [0.15, 0.2) is 0 Å². The molecule has 0 amide bonds. The van der Waals surface area contributed by atoms with Gasteiger partial charge >= 0.3 is 0 Å². The molecule has 0 saturated carbocycles. The number of nitro groups is 1. The molecule has 0 N–H and O–H groups in total. The highest BCUT2D eigenvalue weighted by Crippen LogP contribution is 2.11. The van der Waals surface area contributed by atoms with Crippen LogP contribution in [-0.2, 0) is 0 Å². The van der Waals surface area contributed by atoms with Crippen LogP contribution in [0.3, 0.4) is 0 Å². The first-order chi connectivity index (χ1) is 5.24. The molecule has 1 unspecified atom stereocenters. The van der Waals surface area contributed by atoms with Crippen LogP contribution in [0.1, 0.15) is 0 Å². The molecule has 0 bridgehead atoms. The molecule has 11 heavy (non-hydrogen) atoms. The molecular weight excluding hydrogens is 161 g/mol. The fourth-order valence-corrected chi connectivity index (χ4v) is 1.25. The molecule has 1 aromatic carbocycles. The van der Waals surface area contributed by atoms with Gasteiger partial charge in [0.2, 0.25) is 0 Å². The van der Waals surface area contributed by atoms with E-state index in [0.29, 0.717) is 8.58 Å². The zero-order chi connectivity index (χ0) is 8.27. The lowest BCUT2D eigenvalue weighted by Gasteiger charge is -1.93. The van der Waals surface area contributed by atoms with Gasteiger partial charge in [-0.2, -0.15) is 0 Å². The Balaban J connectivity index is 2.91. The topological polar surface area (TPSA) is 43.1 Å². The zero-order valence-electron chi connectivity index (χ0n) is 6.07. The van der Waals surface area contributed by atoms with Crippen molar-refractivity contribution in [3.63, 3.8) is 0 Å². The van der Waals surface area contributed by atoms with Crippen LogP contribution in [0.5, 0.6) is 0 Å². The monoisotopic (exact) mass is 169 g/mol. The summed E-state index contributed by atoms with van der Waals surface area (Å²) in [6.45, 7) is 2.04. The molecule has 4 heteroatoms. The molecule has 1 aromatic rings. The second kappa shape index (κ2) is 3.44. The molecule has 0 saturated heterocycles. The number of nitro benzene ring substituents is 1. The van der Waals surface area contributed by atoms with Crippen LogP contribution in [-0.4, -0.2) is 11.6 Å². The van der Waals surface area contributed by atoms with Gasteiger partial charge in [-0.1, -0.05) is 8.58 Å². The minimum Gasteiger partial charge on any atom is -0.258 e. The fourth-order valence-electron chi connectivity index (χ4n) is 0.750. The Labute approximate surface area is 66.4 Å². The summed E-state index contributed by atoms with van der Waals surface area (Å²) in [5.41, 5.74) is 0.159. The average Bonchev–Trinajstić information content (AvgIpc) is 2.05. The van der Waals surface area contributed by atoms with Crippen molar-refractivity contribution in [2.24, 2.45) is 0 Å². The quantitative estimate of drug-likeness (QED) is 0.382. The summed E-state index contributed by atoms with van der Waals surface area (Å²) >= 11 is 0. The highest BCUT2D eigenvalue weighted by atomic mass is 31.1. The number of hydrogen-bond acceptors (Lipinski definition) is 2. The van der Waals surface area contributed by atoms with Crippen LogP contribution < -0.4 is 5.30 Å². The lowest BCUT2D eigenvalue weighted by Crippen LogP contribution is -1.93. The highest BCUT2D eigenvalue weighted by molar-refractivity contribution is 7.46. The van der Waals surface area contributed by atoms with E-state index in [9.17, 15) is 10.1 Å². The van der Waals surface area contributed by atoms with E-state index >= 15 is 0 Å². The molecule has 1 rings (SSSR count). The molecule has 0 spiro atoms. The molecule has 0 radical (unpaired) electrons. The molecule has 0 aromatic heterocycles. The third-order valence-corrected chi connectivity index (χ3v) is 2.28. The van der Waals surface area contributed by atoms with E-state index in [-0.39, 0.29) is 10.6 Å². The third kappa shape index (κ3) is 1.99. The minimum atomic E-state index is -0.386. The van der Waals surface area contributed by atoms with Gasteiger partial charge in [0.1, 0.15) is 0 Å². The van der Waals surface area contributed by atoms with Crippen molar-refractivity contribution in [1.29, 1.82) is 0 Å². The Bertz CT molecular complexity index is 258. The van der Waals surface area contributed by atoms with Crippen molar-refractivity contribution in [2.45, 2.75) is 0 Å². The Kier molecular flexibility index (Phi) is 2.55. The number of hydrogen-bond donors (Lipinski definition) is 0. The van der Waals surface area contributed by atoms with E-state index < -0.39 is 0 Å². The molecule has 0 aliphatic rings. The smallest absolute Gasteiger partial charge is 0.258 e. The summed E-state index contributed by atoms with van der Waals surface area (Å²) < 4.78 is 0. The Morgan fingerprint density at radius 1 is 1.36 bits per heavy atom. The van der Waals surface area contributed by atoms with E-state index in [0.717, 1.165) is 5.30 Å². The van der Waals surface area contributed by atoms with Gasteiger partial charge in [-0.05, 0) is 24.1 Å². The van der Waals surface area contributed by atoms with Crippen molar-refractivity contribution >= 4 is 19.6 Å². The van der Waals surface area contributed by atoms with Crippen LogP contribution >= 0.6 is 8.58 Å². The van der Waals surface area contributed by atoms with Gasteiger partial charge in [0.25, 0.3) is 5.69 Å². The van der Waals surface area contributed by atoms with E-state index in [2.05, 4.69) is 0 Å². The first-order valence-electron chi connectivity index (χ1n) is 3.16. The summed E-state index contributed by atoms with van der Waals surface area (Å²) in [7, 11) is 0.697. The number of nitrogens with zero attached hydrogens (tertiary/aromatic N) is 1. The van der Waals surface area contributed by atoms with Crippen LogP contribution in [0, 0.1) is 10.1 Å². The van der Waals surface area contributed by atoms with Gasteiger partial charge < -0.3 is 0 Å². The van der Waals surface area contributed by atoms with Gasteiger partial charge in [-0.15, -0.1) is 0 Å². The second-order valence-corrected chi connectivity index (χ2v) is 3.13. The number of non-ortho nitro benzene ring substituents is 1. The van der Waals surface area contributed by atoms with Crippen molar-refractivity contribution in [2.75, 3.05) is 6.66 Å². The standard InChI is InChI=1S/C7H8NO2P/c1-11-7-4-2-6(3-5-7)8(9)10/h2-5,11H,1H3. The summed E-state index contributed by atoms with van der Waals surface area (Å²) in [4.78, 5) is 9.82. The molecule has 3 nitrogen and oxygen atoms in total. The van der Waals surface area contributed by atoms with Crippen LogP contribution in [0.4, 0.5) is 5.69 Å². The maximum Gasteiger partial charge on any atom is 0.269 e. The van der Waals surface area contributed by atoms with Crippen molar-refractivity contribution in [3.05, 3.63) is 34.4 Å². The summed E-state index contributed by atoms with van der Waals surface area (Å²) in [5, 5.41) is 11.4. The van der Waals surface area contributed by atoms with Gasteiger partial charge in [0, 0.05) is 12.1 Å². The average molecular weight is 169 g/mol. The highest BCUT2D eigenvalue weighted by Gasteiger charge is 2.01. The van der Waals surface area contributed by atoms with Crippen LogP contribution in [0.15, 0.2) is 24.3 Å². The third-order valence-electron chi connectivity index (χ3n) is 1.37. The maximum atomic E-state index is 10.2. The minimum absolute atomic E-state index is 0.159.